The van der Waals surface area contributed by atoms with E-state index >= 15 is 0 Å². The molecule has 3 unspecified atom stereocenters. The first-order valence-corrected chi connectivity index (χ1v) is 8.27. The van der Waals surface area contributed by atoms with Crippen LogP contribution in [0, 0.1) is 5.41 Å². The largest absolute Gasteiger partial charge is 0.479 e. The highest BCUT2D eigenvalue weighted by atomic mass is 32.1. The maximum absolute atomic E-state index is 10.0. The van der Waals surface area contributed by atoms with Crippen LogP contribution in [-0.2, 0) is 9.47 Å². The van der Waals surface area contributed by atoms with Gasteiger partial charge in [-0.3, -0.25) is 5.41 Å². The van der Waals surface area contributed by atoms with E-state index in [0.717, 1.165) is 4.70 Å². The normalized spacial score (nSPS) is 29.6. The van der Waals surface area contributed by atoms with Crippen LogP contribution >= 0.6 is 11.3 Å². The van der Waals surface area contributed by atoms with E-state index in [4.69, 9.17) is 19.6 Å². The predicted octanol–water partition coefficient (Wildman–Crippen LogP) is -0.553. The summed E-state index contributed by atoms with van der Waals surface area (Å²) < 4.78 is 16.5. The summed E-state index contributed by atoms with van der Waals surface area (Å²) in [5.74, 6) is 0.300. The first kappa shape index (κ1) is 18.0. The number of methoxy groups -OCH3 is 1. The molecule has 1 aliphatic rings. The van der Waals surface area contributed by atoms with Gasteiger partial charge in [-0.2, -0.15) is 0 Å². The average molecular weight is 370 g/mol. The van der Waals surface area contributed by atoms with Crippen molar-refractivity contribution in [3.8, 4) is 5.75 Å². The smallest absolute Gasteiger partial charge is 0.242 e. The Morgan fingerprint density at radius 3 is 2.72 bits per heavy atom. The number of rotatable bonds is 4. The van der Waals surface area contributed by atoms with Crippen LogP contribution in [0.1, 0.15) is 5.01 Å². The van der Waals surface area contributed by atoms with Gasteiger partial charge in [-0.1, -0.05) is 0 Å². The van der Waals surface area contributed by atoms with Crippen LogP contribution < -0.4 is 4.74 Å². The lowest BCUT2D eigenvalue weighted by Gasteiger charge is -2.39. The van der Waals surface area contributed by atoms with Gasteiger partial charge in [0.15, 0.2) is 5.01 Å². The van der Waals surface area contributed by atoms with Crippen LogP contribution in [0.2, 0.25) is 0 Å². The Morgan fingerprint density at radius 2 is 2.04 bits per heavy atom. The van der Waals surface area contributed by atoms with Crippen molar-refractivity contribution in [3.05, 3.63) is 23.2 Å². The zero-order valence-electron chi connectivity index (χ0n) is 13.2. The number of fused-ring (bicyclic) bond motifs is 1. The Bertz CT molecular complexity index is 765. The highest BCUT2D eigenvalue weighted by Crippen LogP contribution is 2.29. The Balaban J connectivity index is 1.81. The number of aliphatic hydroxyl groups is 4. The van der Waals surface area contributed by atoms with Crippen molar-refractivity contribution in [1.29, 1.82) is 5.41 Å². The summed E-state index contributed by atoms with van der Waals surface area (Å²) >= 11 is 1.24. The summed E-state index contributed by atoms with van der Waals surface area (Å²) in [5, 5.41) is 46.8. The molecule has 3 rings (SSSR count). The molecule has 10 heteroatoms. The van der Waals surface area contributed by atoms with Gasteiger partial charge in [0.25, 0.3) is 0 Å². The van der Waals surface area contributed by atoms with Crippen LogP contribution in [0.5, 0.6) is 5.75 Å². The number of nitrogens with zero attached hydrogens (tertiary/aromatic N) is 1. The van der Waals surface area contributed by atoms with Crippen molar-refractivity contribution in [2.45, 2.75) is 30.7 Å². The molecule has 0 saturated carbocycles. The molecule has 5 atom stereocenters. The monoisotopic (exact) mass is 370 g/mol. The molecule has 0 amide bonds. The van der Waals surface area contributed by atoms with Gasteiger partial charge in [0.2, 0.25) is 12.2 Å². The molecule has 1 fully saturated rings. The van der Waals surface area contributed by atoms with Gasteiger partial charge < -0.3 is 34.6 Å². The number of aromatic nitrogens is 1. The van der Waals surface area contributed by atoms with Crippen molar-refractivity contribution in [2.24, 2.45) is 0 Å². The maximum atomic E-state index is 10.0. The number of benzene rings is 1. The number of thiazole rings is 1. The van der Waals surface area contributed by atoms with E-state index in [-0.39, 0.29) is 5.90 Å². The third-order valence-corrected chi connectivity index (χ3v) is 4.88. The summed E-state index contributed by atoms with van der Waals surface area (Å²) in [6.45, 7) is -0.527. The molecule has 1 aliphatic heterocycles. The molecule has 136 valence electrons. The molecule has 0 radical (unpaired) electrons. The summed E-state index contributed by atoms with van der Waals surface area (Å²) in [4.78, 5) is 4.26. The van der Waals surface area contributed by atoms with Crippen LogP contribution in [0.25, 0.3) is 10.2 Å². The fourth-order valence-corrected chi connectivity index (χ4v) is 3.38. The Kier molecular flexibility index (Phi) is 5.18. The Hall–Kier alpha value is -1.82. The van der Waals surface area contributed by atoms with Crippen molar-refractivity contribution in [3.63, 3.8) is 0 Å². The van der Waals surface area contributed by atoms with Crippen LogP contribution in [0.15, 0.2) is 18.2 Å². The highest BCUT2D eigenvalue weighted by molar-refractivity contribution is 7.20. The molecule has 1 saturated heterocycles. The summed E-state index contributed by atoms with van der Waals surface area (Å²) in [6, 6.07) is 4.93. The van der Waals surface area contributed by atoms with Crippen LogP contribution in [-0.4, -0.2) is 75.7 Å². The molecular weight excluding hydrogens is 352 g/mol. The molecule has 0 spiro atoms. The predicted molar refractivity (Wildman–Crippen MR) is 87.9 cm³/mol. The average Bonchev–Trinajstić information content (AvgIpc) is 3.04. The molecule has 1 aromatic carbocycles. The van der Waals surface area contributed by atoms with Gasteiger partial charge in [-0.25, -0.2) is 4.98 Å². The third kappa shape index (κ3) is 3.45. The molecule has 25 heavy (non-hydrogen) atoms. The number of nitrogens with one attached hydrogen (secondary N) is 1. The minimum Gasteiger partial charge on any atom is -0.479 e. The van der Waals surface area contributed by atoms with Gasteiger partial charge >= 0.3 is 0 Å². The van der Waals surface area contributed by atoms with E-state index < -0.39 is 37.3 Å². The zero-order chi connectivity index (χ0) is 18.1. The van der Waals surface area contributed by atoms with Gasteiger partial charge in [0.1, 0.15) is 30.2 Å². The number of hydrogen-bond donors (Lipinski definition) is 5. The van der Waals surface area contributed by atoms with Gasteiger partial charge in [0.05, 0.1) is 23.9 Å². The highest BCUT2D eigenvalue weighted by Gasteiger charge is 2.44. The molecular formula is C15H18N2O7S. The second-order valence-corrected chi connectivity index (χ2v) is 6.53. The fraction of sp³-hybridized carbons (Fsp3) is 0.467. The lowest BCUT2D eigenvalue weighted by molar-refractivity contribution is -0.277. The van der Waals surface area contributed by atoms with Crippen molar-refractivity contribution < 1.29 is 34.6 Å². The van der Waals surface area contributed by atoms with E-state index in [2.05, 4.69) is 4.98 Å². The third-order valence-electron chi connectivity index (χ3n) is 3.86. The minimum absolute atomic E-state index is 0.0439. The molecule has 2 aromatic rings. The molecule has 1 aromatic heterocycles. The van der Waals surface area contributed by atoms with E-state index in [1.807, 2.05) is 0 Å². The van der Waals surface area contributed by atoms with Crippen molar-refractivity contribution >= 4 is 27.5 Å². The molecule has 2 heterocycles. The first-order valence-electron chi connectivity index (χ1n) is 7.45. The topological polar surface area (TPSA) is 145 Å². The number of hydrogen-bond acceptors (Lipinski definition) is 10. The van der Waals surface area contributed by atoms with Crippen LogP contribution in [0.3, 0.4) is 0 Å². The second-order valence-electron chi connectivity index (χ2n) is 5.50. The fourth-order valence-electron chi connectivity index (χ4n) is 2.46. The Labute approximate surface area is 146 Å². The van der Waals surface area contributed by atoms with Gasteiger partial charge in [-0.05, 0) is 18.2 Å². The van der Waals surface area contributed by atoms with Crippen LogP contribution in [0.4, 0.5) is 0 Å². The van der Waals surface area contributed by atoms with E-state index in [1.54, 1.807) is 18.2 Å². The summed E-state index contributed by atoms with van der Waals surface area (Å²) in [6.07, 6.45) is -6.71. The van der Waals surface area contributed by atoms with E-state index in [0.29, 0.717) is 16.3 Å². The van der Waals surface area contributed by atoms with Gasteiger partial charge in [0, 0.05) is 0 Å². The Morgan fingerprint density at radius 1 is 1.28 bits per heavy atom. The molecule has 0 aliphatic carbocycles. The quantitative estimate of drug-likeness (QED) is 0.356. The summed E-state index contributed by atoms with van der Waals surface area (Å²) in [7, 11) is 1.39. The molecule has 9 nitrogen and oxygen atoms in total. The van der Waals surface area contributed by atoms with E-state index in [9.17, 15) is 20.4 Å². The number of ether oxygens (including phenoxy) is 3. The van der Waals surface area contributed by atoms with E-state index in [1.165, 1.54) is 18.4 Å². The summed E-state index contributed by atoms with van der Waals surface area (Å²) in [5.41, 5.74) is 0.656. The van der Waals surface area contributed by atoms with Gasteiger partial charge in [-0.15, -0.1) is 11.3 Å². The second kappa shape index (κ2) is 7.20. The lowest BCUT2D eigenvalue weighted by atomic mass is 9.99. The SMILES string of the molecule is COC(=N)c1nc2ccc(O[C@@H]3OC(CO)[C@@H](O)C(O)C3O)cc2s1. The first-order chi connectivity index (χ1) is 11.9. The molecule has 5 N–H and O–H groups in total. The van der Waals surface area contributed by atoms with Crippen molar-refractivity contribution in [1.82, 2.24) is 4.98 Å². The standard InChI is InChI=1S/C15H18N2O7S/c1-22-13(16)14-17-7-3-2-6(4-9(7)25-14)23-15-12(21)11(20)10(19)8(5-18)24-15/h2-4,8,10-12,15-16,18-21H,5H2,1H3/t8?,10-,11?,12?,15-/m1/s1. The van der Waals surface area contributed by atoms with Crippen molar-refractivity contribution in [2.75, 3.05) is 13.7 Å². The minimum atomic E-state index is -1.50. The maximum Gasteiger partial charge on any atom is 0.242 e. The number of aliphatic hydroxyl groups excluding tert-OH is 4. The lowest BCUT2D eigenvalue weighted by Crippen LogP contribution is -2.60. The zero-order valence-corrected chi connectivity index (χ0v) is 14.0. The molecule has 0 bridgehead atoms.